The summed E-state index contributed by atoms with van der Waals surface area (Å²) in [6.07, 6.45) is 81.6. The first kappa shape index (κ1) is 70.6. The Morgan fingerprint density at radius 2 is 0.527 bits per heavy atom. The van der Waals surface area contributed by atoms with Crippen molar-refractivity contribution < 1.29 is 28.6 Å². The number of esters is 3. The molecule has 0 aliphatic heterocycles. The second-order valence-electron chi connectivity index (χ2n) is 20.9. The molecule has 1 unspecified atom stereocenters. The molecule has 0 amide bonds. The van der Waals surface area contributed by atoms with E-state index in [4.69, 9.17) is 14.2 Å². The number of allylic oxidation sites excluding steroid dienone is 14. The van der Waals surface area contributed by atoms with Crippen molar-refractivity contribution >= 4 is 17.9 Å². The maximum absolute atomic E-state index is 12.9. The highest BCUT2D eigenvalue weighted by Crippen LogP contribution is 2.16. The van der Waals surface area contributed by atoms with Crippen LogP contribution in [0.25, 0.3) is 0 Å². The average Bonchev–Trinajstić information content (AvgIpc) is 3.40. The van der Waals surface area contributed by atoms with Crippen LogP contribution in [0.15, 0.2) is 85.1 Å². The molecule has 6 heteroatoms. The summed E-state index contributed by atoms with van der Waals surface area (Å²) in [5, 5.41) is 0. The molecule has 6 nitrogen and oxygen atoms in total. The summed E-state index contributed by atoms with van der Waals surface area (Å²) in [6, 6.07) is 0. The van der Waals surface area contributed by atoms with Gasteiger partial charge in [-0.05, 0) is 96.3 Å². The number of hydrogen-bond donors (Lipinski definition) is 0. The van der Waals surface area contributed by atoms with Gasteiger partial charge in [0, 0.05) is 19.3 Å². The molecule has 0 saturated carbocycles. The zero-order valence-corrected chi connectivity index (χ0v) is 48.8. The van der Waals surface area contributed by atoms with Crippen molar-refractivity contribution in [1.82, 2.24) is 0 Å². The van der Waals surface area contributed by atoms with Gasteiger partial charge in [-0.1, -0.05) is 279 Å². The highest BCUT2D eigenvalue weighted by atomic mass is 16.6. The molecule has 0 fully saturated rings. The molecule has 0 aromatic heterocycles. The van der Waals surface area contributed by atoms with Gasteiger partial charge in [-0.25, -0.2) is 0 Å². The Balaban J connectivity index is 4.25. The van der Waals surface area contributed by atoms with Crippen molar-refractivity contribution in [2.45, 2.75) is 316 Å². The van der Waals surface area contributed by atoms with Gasteiger partial charge < -0.3 is 14.2 Å². The van der Waals surface area contributed by atoms with Crippen molar-refractivity contribution in [2.24, 2.45) is 0 Å². The number of carbonyl (C=O) groups excluding carboxylic acids is 3. The lowest BCUT2D eigenvalue weighted by Crippen LogP contribution is -2.30. The number of rotatable bonds is 57. The summed E-state index contributed by atoms with van der Waals surface area (Å²) < 4.78 is 16.9. The SMILES string of the molecule is CC/C=C\C/C=C\C/C=C\C/C=C\C/C=C\C/C=C\CCCCCCCCCCCCC(=O)OCC(COC(=O)CCCCCCCCCCCCCCC)OC(=O)CCCCCCC/C=C\CCCCCCC. The van der Waals surface area contributed by atoms with Crippen molar-refractivity contribution in [3.63, 3.8) is 0 Å². The van der Waals surface area contributed by atoms with Crippen molar-refractivity contribution in [2.75, 3.05) is 13.2 Å². The molecule has 0 rings (SSSR count). The third-order valence-corrected chi connectivity index (χ3v) is 13.6. The van der Waals surface area contributed by atoms with E-state index in [1.807, 2.05) is 0 Å². The highest BCUT2D eigenvalue weighted by Gasteiger charge is 2.19. The highest BCUT2D eigenvalue weighted by molar-refractivity contribution is 5.71. The number of hydrogen-bond acceptors (Lipinski definition) is 6. The fourth-order valence-electron chi connectivity index (χ4n) is 8.91. The van der Waals surface area contributed by atoms with E-state index < -0.39 is 6.10 Å². The van der Waals surface area contributed by atoms with Gasteiger partial charge in [0.05, 0.1) is 0 Å². The van der Waals surface area contributed by atoms with E-state index in [0.29, 0.717) is 19.3 Å². The fraction of sp³-hybridized carbons (Fsp3) is 0.750. The molecule has 0 saturated heterocycles. The van der Waals surface area contributed by atoms with E-state index in [0.717, 1.165) is 109 Å². The largest absolute Gasteiger partial charge is 0.462 e. The molecule has 0 aromatic carbocycles. The Bertz CT molecular complexity index is 1420. The first-order chi connectivity index (χ1) is 36.5. The zero-order valence-electron chi connectivity index (χ0n) is 48.8. The van der Waals surface area contributed by atoms with E-state index in [1.165, 1.54) is 161 Å². The number of carbonyl (C=O) groups is 3. The van der Waals surface area contributed by atoms with Gasteiger partial charge >= 0.3 is 17.9 Å². The van der Waals surface area contributed by atoms with Crippen LogP contribution in [0.3, 0.4) is 0 Å². The topological polar surface area (TPSA) is 78.9 Å². The van der Waals surface area contributed by atoms with Crippen LogP contribution in [0.4, 0.5) is 0 Å². The van der Waals surface area contributed by atoms with Crippen LogP contribution in [0, 0.1) is 0 Å². The molecule has 0 spiro atoms. The lowest BCUT2D eigenvalue weighted by atomic mass is 10.0. The Morgan fingerprint density at radius 3 is 0.838 bits per heavy atom. The van der Waals surface area contributed by atoms with Gasteiger partial charge in [0.25, 0.3) is 0 Å². The summed E-state index contributed by atoms with van der Waals surface area (Å²) in [5.74, 6) is -0.879. The predicted octanol–water partition coefficient (Wildman–Crippen LogP) is 21.5. The minimum Gasteiger partial charge on any atom is -0.462 e. The maximum atomic E-state index is 12.9. The van der Waals surface area contributed by atoms with Crippen LogP contribution in [0.5, 0.6) is 0 Å². The van der Waals surface area contributed by atoms with E-state index in [1.54, 1.807) is 0 Å². The van der Waals surface area contributed by atoms with Gasteiger partial charge in [-0.2, -0.15) is 0 Å². The van der Waals surface area contributed by atoms with Gasteiger partial charge in [0.1, 0.15) is 13.2 Å². The molecule has 0 heterocycles. The van der Waals surface area contributed by atoms with Crippen molar-refractivity contribution in [3.8, 4) is 0 Å². The van der Waals surface area contributed by atoms with E-state index in [-0.39, 0.29) is 31.1 Å². The molecule has 0 aliphatic carbocycles. The predicted molar refractivity (Wildman–Crippen MR) is 321 cm³/mol. The first-order valence-corrected chi connectivity index (χ1v) is 31.6. The molecule has 0 bridgehead atoms. The maximum Gasteiger partial charge on any atom is 0.306 e. The Hall–Kier alpha value is -3.41. The van der Waals surface area contributed by atoms with Gasteiger partial charge in [0.15, 0.2) is 6.10 Å². The third-order valence-electron chi connectivity index (χ3n) is 13.6. The Kier molecular flexibility index (Phi) is 59.3. The monoisotopic (exact) mass is 1030 g/mol. The van der Waals surface area contributed by atoms with E-state index in [2.05, 4.69) is 106 Å². The zero-order chi connectivity index (χ0) is 53.6. The van der Waals surface area contributed by atoms with Crippen molar-refractivity contribution in [1.29, 1.82) is 0 Å². The second-order valence-corrected chi connectivity index (χ2v) is 20.9. The van der Waals surface area contributed by atoms with Crippen LogP contribution in [-0.4, -0.2) is 37.2 Å². The lowest BCUT2D eigenvalue weighted by molar-refractivity contribution is -0.167. The van der Waals surface area contributed by atoms with Gasteiger partial charge in [-0.15, -0.1) is 0 Å². The summed E-state index contributed by atoms with van der Waals surface area (Å²) in [6.45, 7) is 6.53. The molecular formula is C68H118O6. The lowest BCUT2D eigenvalue weighted by Gasteiger charge is -2.18. The quantitative estimate of drug-likeness (QED) is 0.0261. The summed E-state index contributed by atoms with van der Waals surface area (Å²) in [5.41, 5.74) is 0. The molecule has 0 radical (unpaired) electrons. The minimum absolute atomic E-state index is 0.0773. The van der Waals surface area contributed by atoms with E-state index in [9.17, 15) is 14.4 Å². The van der Waals surface area contributed by atoms with Crippen LogP contribution >= 0.6 is 0 Å². The van der Waals surface area contributed by atoms with Gasteiger partial charge in [0.2, 0.25) is 0 Å². The van der Waals surface area contributed by atoms with Crippen LogP contribution in [0.2, 0.25) is 0 Å². The molecule has 0 aliphatic rings. The third kappa shape index (κ3) is 59.5. The molecule has 1 atom stereocenters. The molecule has 74 heavy (non-hydrogen) atoms. The normalized spacial score (nSPS) is 12.6. The molecular weight excluding hydrogens is 913 g/mol. The van der Waals surface area contributed by atoms with Crippen LogP contribution in [-0.2, 0) is 28.6 Å². The molecule has 0 aromatic rings. The smallest absolute Gasteiger partial charge is 0.306 e. The summed E-state index contributed by atoms with van der Waals surface area (Å²) in [4.78, 5) is 38.2. The van der Waals surface area contributed by atoms with Gasteiger partial charge in [-0.3, -0.25) is 14.4 Å². The Labute approximate surface area is 458 Å². The first-order valence-electron chi connectivity index (χ1n) is 31.6. The average molecular weight is 1030 g/mol. The van der Waals surface area contributed by atoms with Crippen LogP contribution < -0.4 is 0 Å². The standard InChI is InChI=1S/C68H118O6/c1-4-7-10-13-16-19-22-25-27-28-29-30-31-32-33-34-35-36-37-38-39-40-41-44-46-49-52-55-58-61-67(70)73-64-65(63-72-66(69)60-57-54-51-48-45-42-24-21-18-15-12-9-6-3)74-68(71)62-59-56-53-50-47-43-26-23-20-17-14-11-8-5-2/h7,10,16,19,23,25-27,29-30,32-33,35-36,65H,4-6,8-9,11-15,17-18,20-22,24,28,31,34,37-64H2,1-3H3/b10-7-,19-16-,26-23-,27-25-,30-29-,33-32-,36-35-. The molecule has 426 valence electrons. The number of ether oxygens (including phenoxy) is 3. The summed E-state index contributed by atoms with van der Waals surface area (Å²) >= 11 is 0. The number of unbranched alkanes of at least 4 members (excludes halogenated alkanes) is 32. The molecule has 0 N–H and O–H groups in total. The van der Waals surface area contributed by atoms with Crippen molar-refractivity contribution in [3.05, 3.63) is 85.1 Å². The second kappa shape index (κ2) is 62.1. The minimum atomic E-state index is -0.780. The van der Waals surface area contributed by atoms with Crippen LogP contribution in [0.1, 0.15) is 310 Å². The summed E-state index contributed by atoms with van der Waals surface area (Å²) in [7, 11) is 0. The Morgan fingerprint density at radius 1 is 0.284 bits per heavy atom. The fourth-order valence-corrected chi connectivity index (χ4v) is 8.91. The van der Waals surface area contributed by atoms with E-state index >= 15 is 0 Å².